The number of methoxy groups -OCH3 is 1. The molecule has 24 heavy (non-hydrogen) atoms. The van der Waals surface area contributed by atoms with Crippen molar-refractivity contribution in [3.05, 3.63) is 54.1 Å². The number of carbonyl (C=O) groups is 1. The highest BCUT2D eigenvalue weighted by molar-refractivity contribution is 7.90. The summed E-state index contributed by atoms with van der Waals surface area (Å²) in [5.41, 5.74) is 1.43. The number of nitrogens with one attached hydrogen (secondary N) is 2. The molecule has 0 aliphatic carbocycles. The molecule has 1 unspecified atom stereocenters. The molecule has 128 valence electrons. The maximum atomic E-state index is 12.1. The van der Waals surface area contributed by atoms with E-state index < -0.39 is 9.84 Å². The maximum Gasteiger partial charge on any atom is 0.319 e. The van der Waals surface area contributed by atoms with Crippen LogP contribution < -0.4 is 15.4 Å². The van der Waals surface area contributed by atoms with Crippen LogP contribution in [0.2, 0.25) is 0 Å². The Labute approximate surface area is 141 Å². The molecule has 0 aliphatic rings. The normalized spacial score (nSPS) is 12.3. The van der Waals surface area contributed by atoms with E-state index in [1.54, 1.807) is 43.5 Å². The minimum absolute atomic E-state index is 0.249. The first-order chi connectivity index (χ1) is 11.3. The average molecular weight is 348 g/mol. The van der Waals surface area contributed by atoms with Crippen molar-refractivity contribution in [3.63, 3.8) is 0 Å². The van der Waals surface area contributed by atoms with Gasteiger partial charge in [-0.15, -0.1) is 0 Å². The van der Waals surface area contributed by atoms with Gasteiger partial charge in [0.1, 0.15) is 5.75 Å². The number of rotatable bonds is 5. The van der Waals surface area contributed by atoms with Gasteiger partial charge in [0.15, 0.2) is 9.84 Å². The zero-order valence-corrected chi connectivity index (χ0v) is 14.6. The number of hydrogen-bond acceptors (Lipinski definition) is 4. The van der Waals surface area contributed by atoms with E-state index in [4.69, 9.17) is 4.74 Å². The Bertz CT molecular complexity index is 817. The number of ether oxygens (including phenoxy) is 1. The topological polar surface area (TPSA) is 84.5 Å². The summed E-state index contributed by atoms with van der Waals surface area (Å²) in [5.74, 6) is 0.650. The van der Waals surface area contributed by atoms with Crippen molar-refractivity contribution in [1.82, 2.24) is 5.32 Å². The van der Waals surface area contributed by atoms with Crippen LogP contribution in [0.4, 0.5) is 10.5 Å². The van der Waals surface area contributed by atoms with Gasteiger partial charge in [0.25, 0.3) is 0 Å². The second-order valence-electron chi connectivity index (χ2n) is 5.39. The van der Waals surface area contributed by atoms with Crippen LogP contribution in [-0.2, 0) is 9.84 Å². The van der Waals surface area contributed by atoms with Gasteiger partial charge in [0.05, 0.1) is 18.0 Å². The summed E-state index contributed by atoms with van der Waals surface area (Å²) in [5, 5.41) is 5.53. The van der Waals surface area contributed by atoms with Crippen LogP contribution in [0, 0.1) is 0 Å². The monoisotopic (exact) mass is 348 g/mol. The van der Waals surface area contributed by atoms with Gasteiger partial charge in [0, 0.05) is 18.0 Å². The van der Waals surface area contributed by atoms with E-state index in [9.17, 15) is 13.2 Å². The molecular formula is C17H20N2O4S. The Balaban J connectivity index is 2.00. The number of hydrogen-bond donors (Lipinski definition) is 2. The lowest BCUT2D eigenvalue weighted by Gasteiger charge is -2.15. The van der Waals surface area contributed by atoms with Gasteiger partial charge < -0.3 is 15.4 Å². The van der Waals surface area contributed by atoms with Crippen molar-refractivity contribution in [2.75, 3.05) is 18.7 Å². The summed E-state index contributed by atoms with van der Waals surface area (Å²) in [6.07, 6.45) is 1.16. The number of amides is 2. The second kappa shape index (κ2) is 7.35. The lowest BCUT2D eigenvalue weighted by Crippen LogP contribution is -2.31. The largest absolute Gasteiger partial charge is 0.497 e. The molecule has 2 aromatic carbocycles. The summed E-state index contributed by atoms with van der Waals surface area (Å²) in [6.45, 7) is 1.82. The standard InChI is InChI=1S/C17H20N2O4S/c1-12(13-7-9-16(10-8-13)24(3,21)22)18-17(20)19-14-5-4-6-15(11-14)23-2/h4-12H,1-3H3,(H2,18,19,20). The van der Waals surface area contributed by atoms with Crippen molar-refractivity contribution >= 4 is 21.6 Å². The summed E-state index contributed by atoms with van der Waals surface area (Å²) in [4.78, 5) is 12.3. The molecule has 0 bridgehead atoms. The van der Waals surface area contributed by atoms with E-state index in [1.807, 2.05) is 6.92 Å². The minimum atomic E-state index is -3.23. The molecule has 0 aliphatic heterocycles. The van der Waals surface area contributed by atoms with Crippen LogP contribution in [0.1, 0.15) is 18.5 Å². The summed E-state index contributed by atoms with van der Waals surface area (Å²) in [6, 6.07) is 12.8. The molecular weight excluding hydrogens is 328 g/mol. The summed E-state index contributed by atoms with van der Waals surface area (Å²) in [7, 11) is -1.67. The van der Waals surface area contributed by atoms with Crippen LogP contribution in [0.5, 0.6) is 5.75 Å². The number of benzene rings is 2. The highest BCUT2D eigenvalue weighted by Crippen LogP contribution is 2.18. The van der Waals surface area contributed by atoms with Crippen LogP contribution in [0.25, 0.3) is 0 Å². The Kier molecular flexibility index (Phi) is 5.46. The lowest BCUT2D eigenvalue weighted by atomic mass is 10.1. The van der Waals surface area contributed by atoms with Crippen LogP contribution in [-0.4, -0.2) is 27.8 Å². The van der Waals surface area contributed by atoms with Crippen molar-refractivity contribution in [3.8, 4) is 5.75 Å². The highest BCUT2D eigenvalue weighted by Gasteiger charge is 2.12. The quantitative estimate of drug-likeness (QED) is 0.870. The molecule has 1 atom stereocenters. The Morgan fingerprint density at radius 3 is 2.38 bits per heavy atom. The molecule has 2 aromatic rings. The number of sulfone groups is 1. The molecule has 2 rings (SSSR count). The van der Waals surface area contributed by atoms with E-state index in [-0.39, 0.29) is 17.0 Å². The molecule has 6 nitrogen and oxygen atoms in total. The van der Waals surface area contributed by atoms with Crippen molar-refractivity contribution in [2.45, 2.75) is 17.9 Å². The van der Waals surface area contributed by atoms with Gasteiger partial charge >= 0.3 is 6.03 Å². The smallest absolute Gasteiger partial charge is 0.319 e. The Morgan fingerprint density at radius 2 is 1.79 bits per heavy atom. The minimum Gasteiger partial charge on any atom is -0.497 e. The van der Waals surface area contributed by atoms with Crippen molar-refractivity contribution in [2.24, 2.45) is 0 Å². The van der Waals surface area contributed by atoms with E-state index in [0.717, 1.165) is 11.8 Å². The predicted molar refractivity (Wildman–Crippen MR) is 93.1 cm³/mol. The number of carbonyl (C=O) groups excluding carboxylic acids is 1. The summed E-state index contributed by atoms with van der Waals surface area (Å²) >= 11 is 0. The summed E-state index contributed by atoms with van der Waals surface area (Å²) < 4.78 is 28.0. The van der Waals surface area contributed by atoms with E-state index >= 15 is 0 Å². The molecule has 0 heterocycles. The fraction of sp³-hybridized carbons (Fsp3) is 0.235. The fourth-order valence-electron chi connectivity index (χ4n) is 2.15. The van der Waals surface area contributed by atoms with E-state index in [1.165, 1.54) is 12.1 Å². The molecule has 2 N–H and O–H groups in total. The van der Waals surface area contributed by atoms with Crippen LogP contribution in [0.3, 0.4) is 0 Å². The number of anilines is 1. The van der Waals surface area contributed by atoms with Gasteiger partial charge in [-0.2, -0.15) is 0 Å². The third kappa shape index (κ3) is 4.73. The maximum absolute atomic E-state index is 12.1. The molecule has 2 amide bonds. The highest BCUT2D eigenvalue weighted by atomic mass is 32.2. The van der Waals surface area contributed by atoms with Crippen molar-refractivity contribution < 1.29 is 17.9 Å². The molecule has 0 fully saturated rings. The molecule has 0 spiro atoms. The Hall–Kier alpha value is -2.54. The molecule has 0 radical (unpaired) electrons. The zero-order valence-electron chi connectivity index (χ0n) is 13.7. The first-order valence-electron chi connectivity index (χ1n) is 7.31. The first kappa shape index (κ1) is 17.8. The average Bonchev–Trinajstić information content (AvgIpc) is 2.54. The molecule has 0 saturated heterocycles. The number of urea groups is 1. The second-order valence-corrected chi connectivity index (χ2v) is 7.41. The van der Waals surface area contributed by atoms with Crippen LogP contribution in [0.15, 0.2) is 53.4 Å². The van der Waals surface area contributed by atoms with Gasteiger partial charge in [-0.1, -0.05) is 18.2 Å². The van der Waals surface area contributed by atoms with E-state index in [0.29, 0.717) is 11.4 Å². The fourth-order valence-corrected chi connectivity index (χ4v) is 2.78. The molecule has 7 heteroatoms. The zero-order chi connectivity index (χ0) is 17.7. The predicted octanol–water partition coefficient (Wildman–Crippen LogP) is 2.98. The van der Waals surface area contributed by atoms with E-state index in [2.05, 4.69) is 10.6 Å². The lowest BCUT2D eigenvalue weighted by molar-refractivity contribution is 0.249. The third-order valence-electron chi connectivity index (χ3n) is 3.48. The third-order valence-corrected chi connectivity index (χ3v) is 4.61. The van der Waals surface area contributed by atoms with Gasteiger partial charge in [-0.3, -0.25) is 0 Å². The molecule has 0 aromatic heterocycles. The van der Waals surface area contributed by atoms with Gasteiger partial charge in [-0.25, -0.2) is 13.2 Å². The van der Waals surface area contributed by atoms with Gasteiger partial charge in [0.2, 0.25) is 0 Å². The van der Waals surface area contributed by atoms with Crippen molar-refractivity contribution in [1.29, 1.82) is 0 Å². The van der Waals surface area contributed by atoms with Gasteiger partial charge in [-0.05, 0) is 36.8 Å². The van der Waals surface area contributed by atoms with Crippen LogP contribution >= 0.6 is 0 Å². The Morgan fingerprint density at radius 1 is 1.12 bits per heavy atom. The SMILES string of the molecule is COc1cccc(NC(=O)NC(C)c2ccc(S(C)(=O)=O)cc2)c1. The molecule has 0 saturated carbocycles. The first-order valence-corrected chi connectivity index (χ1v) is 9.20.